The van der Waals surface area contributed by atoms with Crippen LogP contribution in [0.15, 0.2) is 53.0 Å². The fourth-order valence-corrected chi connectivity index (χ4v) is 2.30. The zero-order valence-corrected chi connectivity index (χ0v) is 13.2. The van der Waals surface area contributed by atoms with Crippen molar-refractivity contribution in [2.75, 3.05) is 0 Å². The first-order chi connectivity index (χ1) is 9.49. The predicted octanol–water partition coefficient (Wildman–Crippen LogP) is 4.34. The van der Waals surface area contributed by atoms with Crippen LogP contribution in [0.25, 0.3) is 0 Å². The van der Waals surface area contributed by atoms with E-state index in [1.807, 2.05) is 48.5 Å². The van der Waals surface area contributed by atoms with Gasteiger partial charge in [-0.1, -0.05) is 48.0 Å². The van der Waals surface area contributed by atoms with E-state index in [1.165, 1.54) is 0 Å². The minimum absolute atomic E-state index is 0.0234. The second kappa shape index (κ2) is 6.33. The van der Waals surface area contributed by atoms with E-state index in [-0.39, 0.29) is 11.8 Å². The zero-order valence-electron chi connectivity index (χ0n) is 11.6. The van der Waals surface area contributed by atoms with Gasteiger partial charge in [0.1, 0.15) is 0 Å². The van der Waals surface area contributed by atoms with Gasteiger partial charge >= 0.3 is 0 Å². The number of hydrogen-bond acceptors (Lipinski definition) is 2. The van der Waals surface area contributed by atoms with E-state index in [1.54, 1.807) is 0 Å². The minimum Gasteiger partial charge on any atom is -0.324 e. The van der Waals surface area contributed by atoms with E-state index in [0.29, 0.717) is 17.0 Å². The van der Waals surface area contributed by atoms with Crippen LogP contribution in [0.1, 0.15) is 41.4 Å². The van der Waals surface area contributed by atoms with Crippen molar-refractivity contribution in [3.05, 3.63) is 69.7 Å². The lowest BCUT2D eigenvalue weighted by molar-refractivity contribution is 0.103. The summed E-state index contributed by atoms with van der Waals surface area (Å²) >= 11 is 3.37. The Hall–Kier alpha value is -1.45. The van der Waals surface area contributed by atoms with Crippen LogP contribution < -0.4 is 5.73 Å². The zero-order chi connectivity index (χ0) is 14.7. The topological polar surface area (TPSA) is 43.1 Å². The van der Waals surface area contributed by atoms with Gasteiger partial charge in [-0.3, -0.25) is 4.79 Å². The van der Waals surface area contributed by atoms with Gasteiger partial charge in [0.15, 0.2) is 5.78 Å². The van der Waals surface area contributed by atoms with E-state index in [2.05, 4.69) is 29.8 Å². The Morgan fingerprint density at radius 1 is 1.05 bits per heavy atom. The van der Waals surface area contributed by atoms with E-state index in [4.69, 9.17) is 5.73 Å². The van der Waals surface area contributed by atoms with Crippen molar-refractivity contribution in [2.45, 2.75) is 19.9 Å². The summed E-state index contributed by atoms with van der Waals surface area (Å²) in [4.78, 5) is 12.4. The number of benzene rings is 2. The molecule has 0 saturated carbocycles. The first kappa shape index (κ1) is 14.9. The molecule has 0 amide bonds. The van der Waals surface area contributed by atoms with Crippen LogP contribution in [0.4, 0.5) is 0 Å². The Morgan fingerprint density at radius 2 is 1.70 bits per heavy atom. The van der Waals surface area contributed by atoms with Gasteiger partial charge in [-0.05, 0) is 41.8 Å². The molecule has 0 spiro atoms. The van der Waals surface area contributed by atoms with E-state index in [0.717, 1.165) is 10.0 Å². The Labute approximate surface area is 128 Å². The molecular weight excluding hydrogens is 314 g/mol. The van der Waals surface area contributed by atoms with Crippen LogP contribution in [-0.4, -0.2) is 5.78 Å². The lowest BCUT2D eigenvalue weighted by Crippen LogP contribution is -2.17. The molecule has 0 aliphatic rings. The fourth-order valence-electron chi connectivity index (χ4n) is 2.04. The molecule has 0 heterocycles. The van der Waals surface area contributed by atoms with Gasteiger partial charge in [0.25, 0.3) is 0 Å². The molecule has 0 bridgehead atoms. The quantitative estimate of drug-likeness (QED) is 0.847. The van der Waals surface area contributed by atoms with Gasteiger partial charge in [-0.25, -0.2) is 0 Å². The maximum atomic E-state index is 12.4. The molecular formula is C17H18BrNO. The van der Waals surface area contributed by atoms with Crippen molar-refractivity contribution >= 4 is 21.7 Å². The van der Waals surface area contributed by atoms with Crippen LogP contribution >= 0.6 is 15.9 Å². The molecule has 2 rings (SSSR count). The monoisotopic (exact) mass is 331 g/mol. The Morgan fingerprint density at radius 3 is 2.30 bits per heavy atom. The van der Waals surface area contributed by atoms with Crippen molar-refractivity contribution in [2.24, 2.45) is 11.7 Å². The number of rotatable bonds is 4. The number of ketones is 1. The molecule has 20 heavy (non-hydrogen) atoms. The second-order valence-corrected chi connectivity index (χ2v) is 6.15. The third-order valence-corrected chi connectivity index (χ3v) is 3.89. The molecule has 2 aromatic rings. The summed E-state index contributed by atoms with van der Waals surface area (Å²) in [5, 5.41) is 0. The summed E-state index contributed by atoms with van der Waals surface area (Å²) in [5.41, 5.74) is 8.52. The van der Waals surface area contributed by atoms with Crippen LogP contribution in [-0.2, 0) is 0 Å². The second-order valence-electron chi connectivity index (χ2n) is 5.23. The Bertz CT molecular complexity index is 605. The predicted molar refractivity (Wildman–Crippen MR) is 85.8 cm³/mol. The standard InChI is InChI=1S/C17H18BrNO/c1-11(2)16(19)13-4-3-5-14(10-13)17(20)12-6-8-15(18)9-7-12/h3-11,16H,19H2,1-2H3/t16-/m1/s1. The summed E-state index contributed by atoms with van der Waals surface area (Å²) in [6, 6.07) is 14.9. The van der Waals surface area contributed by atoms with Crippen LogP contribution in [0.2, 0.25) is 0 Å². The molecule has 0 aliphatic heterocycles. The van der Waals surface area contributed by atoms with Crippen LogP contribution in [0.3, 0.4) is 0 Å². The Balaban J connectivity index is 2.31. The van der Waals surface area contributed by atoms with Gasteiger partial charge in [-0.2, -0.15) is 0 Å². The molecule has 0 saturated heterocycles. The summed E-state index contributed by atoms with van der Waals surface area (Å²) in [6.07, 6.45) is 0. The summed E-state index contributed by atoms with van der Waals surface area (Å²) in [6.45, 7) is 4.15. The summed E-state index contributed by atoms with van der Waals surface area (Å²) in [5.74, 6) is 0.364. The Kier molecular flexibility index (Phi) is 4.73. The molecule has 2 nitrogen and oxygen atoms in total. The average molecular weight is 332 g/mol. The SMILES string of the molecule is CC(C)[C@@H](N)c1cccc(C(=O)c2ccc(Br)cc2)c1. The highest BCUT2D eigenvalue weighted by atomic mass is 79.9. The van der Waals surface area contributed by atoms with Crippen molar-refractivity contribution in [1.29, 1.82) is 0 Å². The fraction of sp³-hybridized carbons (Fsp3) is 0.235. The van der Waals surface area contributed by atoms with Crippen molar-refractivity contribution in [1.82, 2.24) is 0 Å². The molecule has 104 valence electrons. The van der Waals surface area contributed by atoms with Crippen molar-refractivity contribution in [3.63, 3.8) is 0 Å². The third kappa shape index (κ3) is 3.35. The molecule has 0 aliphatic carbocycles. The average Bonchev–Trinajstić information content (AvgIpc) is 2.46. The number of nitrogens with two attached hydrogens (primary N) is 1. The minimum atomic E-state index is -0.0485. The maximum absolute atomic E-state index is 12.4. The van der Waals surface area contributed by atoms with Gasteiger partial charge in [0.2, 0.25) is 0 Å². The lowest BCUT2D eigenvalue weighted by Gasteiger charge is -2.16. The molecule has 0 aromatic heterocycles. The molecule has 0 fully saturated rings. The first-order valence-corrected chi connectivity index (χ1v) is 7.44. The van der Waals surface area contributed by atoms with Gasteiger partial charge in [0.05, 0.1) is 0 Å². The van der Waals surface area contributed by atoms with E-state index >= 15 is 0 Å². The molecule has 0 radical (unpaired) electrons. The van der Waals surface area contributed by atoms with Crippen LogP contribution in [0, 0.1) is 5.92 Å². The highest BCUT2D eigenvalue weighted by Gasteiger charge is 2.14. The molecule has 0 unspecified atom stereocenters. The van der Waals surface area contributed by atoms with Crippen molar-refractivity contribution < 1.29 is 4.79 Å². The third-order valence-electron chi connectivity index (χ3n) is 3.36. The summed E-state index contributed by atoms with van der Waals surface area (Å²) < 4.78 is 0.963. The summed E-state index contributed by atoms with van der Waals surface area (Å²) in [7, 11) is 0. The highest BCUT2D eigenvalue weighted by Crippen LogP contribution is 2.21. The van der Waals surface area contributed by atoms with E-state index in [9.17, 15) is 4.79 Å². The van der Waals surface area contributed by atoms with E-state index < -0.39 is 0 Å². The highest BCUT2D eigenvalue weighted by molar-refractivity contribution is 9.10. The van der Waals surface area contributed by atoms with Crippen LogP contribution in [0.5, 0.6) is 0 Å². The van der Waals surface area contributed by atoms with Gasteiger partial charge in [-0.15, -0.1) is 0 Å². The number of hydrogen-bond donors (Lipinski definition) is 1. The number of carbonyl (C=O) groups is 1. The number of halogens is 1. The number of carbonyl (C=O) groups excluding carboxylic acids is 1. The van der Waals surface area contributed by atoms with Gasteiger partial charge < -0.3 is 5.73 Å². The lowest BCUT2D eigenvalue weighted by atomic mass is 9.94. The first-order valence-electron chi connectivity index (χ1n) is 6.65. The molecule has 3 heteroatoms. The smallest absolute Gasteiger partial charge is 0.193 e. The molecule has 2 N–H and O–H groups in total. The maximum Gasteiger partial charge on any atom is 0.193 e. The van der Waals surface area contributed by atoms with Gasteiger partial charge in [0, 0.05) is 21.6 Å². The largest absolute Gasteiger partial charge is 0.324 e. The molecule has 1 atom stereocenters. The molecule has 2 aromatic carbocycles. The normalized spacial score (nSPS) is 12.4. The van der Waals surface area contributed by atoms with Crippen molar-refractivity contribution in [3.8, 4) is 0 Å².